The van der Waals surface area contributed by atoms with E-state index in [9.17, 15) is 4.79 Å². The highest BCUT2D eigenvalue weighted by Crippen LogP contribution is 2.26. The summed E-state index contributed by atoms with van der Waals surface area (Å²) in [6, 6.07) is 5.70. The molecule has 1 atom stereocenters. The number of aryl methyl sites for hydroxylation is 1. The number of carbonyl (C=O) groups excluding carboxylic acids is 1. The second kappa shape index (κ2) is 9.60. The Morgan fingerprint density at radius 3 is 3.00 bits per heavy atom. The third kappa shape index (κ3) is 5.35. The number of carbonyl (C=O) groups is 1. The highest BCUT2D eigenvalue weighted by Gasteiger charge is 2.22. The van der Waals surface area contributed by atoms with Gasteiger partial charge in [-0.05, 0) is 36.8 Å². The number of amides is 1. The Bertz CT molecular complexity index is 736. The zero-order valence-corrected chi connectivity index (χ0v) is 16.8. The van der Waals surface area contributed by atoms with Gasteiger partial charge in [-0.15, -0.1) is 11.3 Å². The first-order valence-electron chi connectivity index (χ1n) is 9.31. The number of thiazole rings is 1. The number of nitrogens with zero attached hydrogens (tertiary/aromatic N) is 2. The van der Waals surface area contributed by atoms with Crippen LogP contribution in [0, 0.1) is 5.92 Å². The zero-order valence-electron chi connectivity index (χ0n) is 15.9. The van der Waals surface area contributed by atoms with Crippen molar-refractivity contribution in [3.05, 3.63) is 35.3 Å². The fourth-order valence-electron chi connectivity index (χ4n) is 3.43. The molecule has 1 N–H and O–H groups in total. The van der Waals surface area contributed by atoms with Crippen molar-refractivity contribution in [2.45, 2.75) is 25.7 Å². The van der Waals surface area contributed by atoms with Crippen molar-refractivity contribution in [2.75, 3.05) is 38.8 Å². The molecule has 0 bridgehead atoms. The van der Waals surface area contributed by atoms with Crippen molar-refractivity contribution in [3.8, 4) is 11.5 Å². The van der Waals surface area contributed by atoms with Crippen molar-refractivity contribution in [1.82, 2.24) is 10.3 Å². The lowest BCUT2D eigenvalue weighted by Gasteiger charge is -2.32. The van der Waals surface area contributed by atoms with Crippen molar-refractivity contribution < 1.29 is 14.3 Å². The standard InChI is InChI=1S/C20H27N3O3S/c1-25-17-7-5-16(18(12-17)26-2)6-8-19(24)22-13-15-4-3-10-23(14-15)20-21-9-11-27-20/h5,7,9,11-12,15H,3-4,6,8,10,13-14H2,1-2H3,(H,22,24)/t15-/m0/s1. The Balaban J connectivity index is 1.44. The van der Waals surface area contributed by atoms with Crippen molar-refractivity contribution in [3.63, 3.8) is 0 Å². The maximum atomic E-state index is 12.3. The minimum atomic E-state index is 0.0826. The lowest BCUT2D eigenvalue weighted by atomic mass is 9.98. The average molecular weight is 390 g/mol. The van der Waals surface area contributed by atoms with Crippen LogP contribution in [0.5, 0.6) is 11.5 Å². The van der Waals surface area contributed by atoms with Crippen LogP contribution < -0.4 is 19.7 Å². The third-order valence-electron chi connectivity index (χ3n) is 4.91. The van der Waals surface area contributed by atoms with Crippen LogP contribution in [0.25, 0.3) is 0 Å². The van der Waals surface area contributed by atoms with Gasteiger partial charge < -0.3 is 19.7 Å². The number of benzene rings is 1. The topological polar surface area (TPSA) is 63.7 Å². The quantitative estimate of drug-likeness (QED) is 0.752. The van der Waals surface area contributed by atoms with Gasteiger partial charge in [-0.3, -0.25) is 4.79 Å². The van der Waals surface area contributed by atoms with Crippen LogP contribution in [-0.4, -0.2) is 44.7 Å². The summed E-state index contributed by atoms with van der Waals surface area (Å²) in [6.45, 7) is 2.73. The molecule has 0 aliphatic carbocycles. The Hall–Kier alpha value is -2.28. The monoisotopic (exact) mass is 389 g/mol. The summed E-state index contributed by atoms with van der Waals surface area (Å²) in [5, 5.41) is 6.19. The fourth-order valence-corrected chi connectivity index (χ4v) is 4.11. The van der Waals surface area contributed by atoms with Crippen LogP contribution in [0.1, 0.15) is 24.8 Å². The first kappa shape index (κ1) is 19.5. The summed E-state index contributed by atoms with van der Waals surface area (Å²) < 4.78 is 10.6. The average Bonchev–Trinajstić information content (AvgIpc) is 3.25. The number of rotatable bonds is 8. The van der Waals surface area contributed by atoms with Crippen LogP contribution in [-0.2, 0) is 11.2 Å². The summed E-state index contributed by atoms with van der Waals surface area (Å²) in [5.41, 5.74) is 1.01. The molecule has 1 fully saturated rings. The minimum absolute atomic E-state index is 0.0826. The van der Waals surface area contributed by atoms with Crippen molar-refractivity contribution in [2.24, 2.45) is 5.92 Å². The van der Waals surface area contributed by atoms with E-state index >= 15 is 0 Å². The number of ether oxygens (including phenoxy) is 2. The van der Waals surface area contributed by atoms with Gasteiger partial charge in [-0.25, -0.2) is 4.98 Å². The predicted molar refractivity (Wildman–Crippen MR) is 108 cm³/mol. The van der Waals surface area contributed by atoms with E-state index in [-0.39, 0.29) is 5.91 Å². The normalized spacial score (nSPS) is 16.8. The largest absolute Gasteiger partial charge is 0.497 e. The molecule has 146 valence electrons. The molecule has 1 amide bonds. The fraction of sp³-hybridized carbons (Fsp3) is 0.500. The SMILES string of the molecule is COc1ccc(CCC(=O)NC[C@@H]2CCCN(c3nccs3)C2)c(OC)c1. The summed E-state index contributed by atoms with van der Waals surface area (Å²) in [5.74, 6) is 2.07. The van der Waals surface area contributed by atoms with Gasteiger partial charge in [0.2, 0.25) is 5.91 Å². The van der Waals surface area contributed by atoms with E-state index in [1.165, 1.54) is 0 Å². The third-order valence-corrected chi connectivity index (χ3v) is 5.74. The Morgan fingerprint density at radius 1 is 1.37 bits per heavy atom. The molecule has 1 aromatic heterocycles. The van der Waals surface area contributed by atoms with Gasteiger partial charge in [0.15, 0.2) is 5.13 Å². The van der Waals surface area contributed by atoms with Crippen molar-refractivity contribution >= 4 is 22.4 Å². The molecule has 0 radical (unpaired) electrons. The lowest BCUT2D eigenvalue weighted by molar-refractivity contribution is -0.121. The summed E-state index contributed by atoms with van der Waals surface area (Å²) in [6.07, 6.45) is 5.23. The smallest absolute Gasteiger partial charge is 0.220 e. The molecule has 0 saturated carbocycles. The van der Waals surface area contributed by atoms with Crippen LogP contribution >= 0.6 is 11.3 Å². The van der Waals surface area contributed by atoms with Gasteiger partial charge in [-0.2, -0.15) is 0 Å². The molecule has 2 heterocycles. The number of aromatic nitrogens is 1. The molecule has 27 heavy (non-hydrogen) atoms. The Kier molecular flexibility index (Phi) is 6.92. The molecule has 1 aliphatic heterocycles. The molecule has 2 aromatic rings. The van der Waals surface area contributed by atoms with E-state index in [1.54, 1.807) is 25.6 Å². The van der Waals surface area contributed by atoms with Crippen molar-refractivity contribution in [1.29, 1.82) is 0 Å². The van der Waals surface area contributed by atoms with Crippen LogP contribution in [0.15, 0.2) is 29.8 Å². The highest BCUT2D eigenvalue weighted by atomic mass is 32.1. The Labute approximate surface area is 164 Å². The van der Waals surface area contributed by atoms with Crippen LogP contribution in [0.3, 0.4) is 0 Å². The van der Waals surface area contributed by atoms with Crippen LogP contribution in [0.4, 0.5) is 5.13 Å². The second-order valence-corrected chi connectivity index (χ2v) is 7.62. The first-order chi connectivity index (χ1) is 13.2. The molecular weight excluding hydrogens is 362 g/mol. The van der Waals surface area contributed by atoms with Gasteiger partial charge in [0.1, 0.15) is 11.5 Å². The molecule has 7 heteroatoms. The van der Waals surface area contributed by atoms with E-state index in [0.29, 0.717) is 18.8 Å². The molecule has 1 aliphatic rings. The Morgan fingerprint density at radius 2 is 2.26 bits per heavy atom. The molecule has 3 rings (SSSR count). The molecule has 0 spiro atoms. The zero-order chi connectivity index (χ0) is 19.1. The molecule has 1 aromatic carbocycles. The number of hydrogen-bond acceptors (Lipinski definition) is 6. The highest BCUT2D eigenvalue weighted by molar-refractivity contribution is 7.13. The molecule has 1 saturated heterocycles. The summed E-state index contributed by atoms with van der Waals surface area (Å²) >= 11 is 1.67. The molecular formula is C20H27N3O3S. The van der Waals surface area contributed by atoms with Gasteiger partial charge in [0.25, 0.3) is 0 Å². The predicted octanol–water partition coefficient (Wildman–Crippen LogP) is 3.13. The van der Waals surface area contributed by atoms with E-state index in [2.05, 4.69) is 15.2 Å². The van der Waals surface area contributed by atoms with E-state index < -0.39 is 0 Å². The summed E-state index contributed by atoms with van der Waals surface area (Å²) in [4.78, 5) is 19.0. The number of methoxy groups -OCH3 is 2. The van der Waals surface area contributed by atoms with E-state index in [1.807, 2.05) is 29.8 Å². The number of nitrogens with one attached hydrogen (secondary N) is 1. The first-order valence-corrected chi connectivity index (χ1v) is 10.2. The minimum Gasteiger partial charge on any atom is -0.497 e. The summed E-state index contributed by atoms with van der Waals surface area (Å²) in [7, 11) is 3.26. The van der Waals surface area contributed by atoms with Gasteiger partial charge in [0.05, 0.1) is 14.2 Å². The number of anilines is 1. The molecule has 0 unspecified atom stereocenters. The maximum Gasteiger partial charge on any atom is 0.220 e. The van der Waals surface area contributed by atoms with E-state index in [4.69, 9.17) is 9.47 Å². The number of hydrogen-bond donors (Lipinski definition) is 1. The van der Waals surface area contributed by atoms with E-state index in [0.717, 1.165) is 54.7 Å². The van der Waals surface area contributed by atoms with Gasteiger partial charge in [0, 0.05) is 43.7 Å². The van der Waals surface area contributed by atoms with Crippen LogP contribution in [0.2, 0.25) is 0 Å². The lowest BCUT2D eigenvalue weighted by Crippen LogP contribution is -2.41. The van der Waals surface area contributed by atoms with Gasteiger partial charge in [-0.1, -0.05) is 6.07 Å². The molecule has 6 nitrogen and oxygen atoms in total. The second-order valence-electron chi connectivity index (χ2n) is 6.75. The maximum absolute atomic E-state index is 12.3. The van der Waals surface area contributed by atoms with Gasteiger partial charge >= 0.3 is 0 Å². The number of piperidine rings is 1.